The summed E-state index contributed by atoms with van der Waals surface area (Å²) in [4.78, 5) is 37.7. The summed E-state index contributed by atoms with van der Waals surface area (Å²) in [5.74, 6) is 5.03. The van der Waals surface area contributed by atoms with Crippen molar-refractivity contribution >= 4 is 27.8 Å². The molecule has 6 rings (SSSR count). The molecule has 2 aromatic carbocycles. The number of nitrogens with one attached hydrogen (secondary N) is 1. The molecule has 10 heteroatoms. The molecule has 0 spiro atoms. The van der Waals surface area contributed by atoms with Crippen LogP contribution in [0.2, 0.25) is 0 Å². The van der Waals surface area contributed by atoms with Crippen molar-refractivity contribution in [3.63, 3.8) is 0 Å². The summed E-state index contributed by atoms with van der Waals surface area (Å²) in [7, 11) is 4.29. The topological polar surface area (TPSA) is 105 Å². The molecule has 0 aliphatic heterocycles. The molecule has 1 atom stereocenters. The maximum absolute atomic E-state index is 13.8. The Hall–Kier alpha value is -4.85. The zero-order valence-electron chi connectivity index (χ0n) is 25.3. The van der Waals surface area contributed by atoms with Crippen molar-refractivity contribution < 1.29 is 14.3 Å². The number of hydrogen-bond donors (Lipinski definition) is 2. The lowest BCUT2D eigenvalue weighted by atomic mass is 9.90. The highest BCUT2D eigenvalue weighted by Crippen LogP contribution is 2.34. The molecule has 1 aliphatic carbocycles. The summed E-state index contributed by atoms with van der Waals surface area (Å²) in [6.45, 7) is -0.417. The Morgan fingerprint density at radius 1 is 1.09 bits per heavy atom. The fourth-order valence-electron chi connectivity index (χ4n) is 6.29. The average molecular weight is 607 g/mol. The van der Waals surface area contributed by atoms with E-state index in [0.29, 0.717) is 17.6 Å². The van der Waals surface area contributed by atoms with E-state index in [9.17, 15) is 19.1 Å². The number of aliphatic hydroxyl groups excluding tert-OH is 1. The van der Waals surface area contributed by atoms with Gasteiger partial charge in [0.2, 0.25) is 0 Å². The number of nitrogens with zero attached hydrogens (tertiary/aromatic N) is 5. The summed E-state index contributed by atoms with van der Waals surface area (Å²) in [6.07, 6.45) is 9.70. The van der Waals surface area contributed by atoms with Gasteiger partial charge in [0.05, 0.1) is 42.8 Å². The van der Waals surface area contributed by atoms with Crippen LogP contribution in [0.1, 0.15) is 59.3 Å². The number of rotatable bonds is 7. The van der Waals surface area contributed by atoms with Gasteiger partial charge >= 0.3 is 0 Å². The minimum absolute atomic E-state index is 0.0219. The second-order valence-electron chi connectivity index (χ2n) is 11.7. The first-order valence-corrected chi connectivity index (χ1v) is 15.1. The zero-order valence-corrected chi connectivity index (χ0v) is 25.3. The molecule has 0 unspecified atom stereocenters. The molecule has 0 bridgehead atoms. The lowest BCUT2D eigenvalue weighted by molar-refractivity contribution is 0.0956. The first-order chi connectivity index (χ1) is 21.8. The normalized spacial score (nSPS) is 17.3. The molecule has 1 amide bonds. The highest BCUT2D eigenvalue weighted by atomic mass is 19.1. The minimum Gasteiger partial charge on any atom is -0.394 e. The van der Waals surface area contributed by atoms with E-state index >= 15 is 0 Å². The van der Waals surface area contributed by atoms with Crippen molar-refractivity contribution in [1.29, 1.82) is 0 Å². The molecule has 5 aromatic rings. The minimum atomic E-state index is -0.834. The number of aliphatic hydroxyl groups is 1. The van der Waals surface area contributed by atoms with Gasteiger partial charge in [0, 0.05) is 29.2 Å². The van der Waals surface area contributed by atoms with Crippen LogP contribution in [0.15, 0.2) is 78.1 Å². The van der Waals surface area contributed by atoms with Gasteiger partial charge in [-0.1, -0.05) is 24.0 Å². The van der Waals surface area contributed by atoms with E-state index in [1.165, 1.54) is 35.0 Å². The van der Waals surface area contributed by atoms with Crippen molar-refractivity contribution in [2.75, 3.05) is 27.2 Å². The van der Waals surface area contributed by atoms with Gasteiger partial charge in [0.25, 0.3) is 11.5 Å². The standard InChI is InChI=1S/C35H35FN6O3/c1-40(2)26-11-13-27(14-12-26)42-22-39-31-20-38-30-15-10-23(18-29(30)33(31)42)6-4-16-37-34(44)28-9-5-17-41(35(28)45)32(21-43)24-7-3-8-25(36)19-24/h3,5,7-10,15,17-20,22,26-27,32,43H,11-14,16,21H2,1-2H3,(H,37,44)/t26-,27-,32-/m0/s1. The zero-order chi connectivity index (χ0) is 31.5. The van der Waals surface area contributed by atoms with Gasteiger partial charge < -0.3 is 24.5 Å². The summed E-state index contributed by atoms with van der Waals surface area (Å²) in [5, 5.41) is 13.6. The number of amides is 1. The first-order valence-electron chi connectivity index (χ1n) is 15.1. The third-order valence-corrected chi connectivity index (χ3v) is 8.72. The number of pyridine rings is 2. The molecule has 1 fully saturated rings. The third kappa shape index (κ3) is 6.23. The maximum atomic E-state index is 13.8. The van der Waals surface area contributed by atoms with Crippen LogP contribution in [0.5, 0.6) is 0 Å². The molecule has 3 aromatic heterocycles. The third-order valence-electron chi connectivity index (χ3n) is 8.72. The number of carbonyl (C=O) groups is 1. The van der Waals surface area contributed by atoms with Crippen LogP contribution in [0.25, 0.3) is 21.9 Å². The first kappa shape index (κ1) is 30.2. The smallest absolute Gasteiger partial charge is 0.264 e. The second-order valence-corrected chi connectivity index (χ2v) is 11.7. The van der Waals surface area contributed by atoms with Crippen LogP contribution in [-0.4, -0.2) is 68.3 Å². The molecule has 0 saturated heterocycles. The van der Waals surface area contributed by atoms with Crippen LogP contribution >= 0.6 is 0 Å². The Morgan fingerprint density at radius 3 is 2.67 bits per heavy atom. The number of hydrogen-bond acceptors (Lipinski definition) is 6. The number of halogens is 1. The lowest BCUT2D eigenvalue weighted by Crippen LogP contribution is -2.35. The van der Waals surface area contributed by atoms with E-state index in [2.05, 4.69) is 50.7 Å². The molecule has 1 aliphatic rings. The van der Waals surface area contributed by atoms with Crippen LogP contribution in [0, 0.1) is 17.7 Å². The Morgan fingerprint density at radius 2 is 1.91 bits per heavy atom. The molecule has 0 radical (unpaired) electrons. The van der Waals surface area contributed by atoms with E-state index in [1.807, 2.05) is 30.7 Å². The predicted octanol–water partition coefficient (Wildman–Crippen LogP) is 4.29. The van der Waals surface area contributed by atoms with Crippen LogP contribution < -0.4 is 10.9 Å². The van der Waals surface area contributed by atoms with Crippen LogP contribution in [-0.2, 0) is 0 Å². The molecule has 1 saturated carbocycles. The SMILES string of the molecule is CN(C)[C@H]1CC[C@H](n2cnc3cnc4ccc(C#CCNC(=O)c5cccn([C@@H](CO)c6cccc(F)c6)c5=O)cc4c32)CC1. The molecule has 2 N–H and O–H groups in total. The largest absolute Gasteiger partial charge is 0.394 e. The van der Waals surface area contributed by atoms with E-state index in [0.717, 1.165) is 53.2 Å². The van der Waals surface area contributed by atoms with Gasteiger partial charge in [0.15, 0.2) is 0 Å². The molecule has 3 heterocycles. The summed E-state index contributed by atoms with van der Waals surface area (Å²) >= 11 is 0. The molecule has 230 valence electrons. The molecule has 45 heavy (non-hydrogen) atoms. The average Bonchev–Trinajstić information content (AvgIpc) is 3.49. The Kier molecular flexibility index (Phi) is 8.74. The molecule has 9 nitrogen and oxygen atoms in total. The van der Waals surface area contributed by atoms with Crippen LogP contribution in [0.3, 0.4) is 0 Å². The van der Waals surface area contributed by atoms with Gasteiger partial charge in [-0.25, -0.2) is 9.37 Å². The maximum Gasteiger partial charge on any atom is 0.264 e. The van der Waals surface area contributed by atoms with Gasteiger partial charge in [-0.15, -0.1) is 0 Å². The summed E-state index contributed by atoms with van der Waals surface area (Å²) in [6, 6.07) is 14.6. The van der Waals surface area contributed by atoms with Crippen molar-refractivity contribution in [3.8, 4) is 11.8 Å². The highest BCUT2D eigenvalue weighted by molar-refractivity contribution is 6.02. The van der Waals surface area contributed by atoms with E-state index in [4.69, 9.17) is 0 Å². The van der Waals surface area contributed by atoms with Gasteiger partial charge in [-0.3, -0.25) is 14.6 Å². The number of imidazole rings is 1. The number of aromatic nitrogens is 4. The van der Waals surface area contributed by atoms with Crippen LogP contribution in [0.4, 0.5) is 4.39 Å². The van der Waals surface area contributed by atoms with E-state index < -0.39 is 29.9 Å². The van der Waals surface area contributed by atoms with Crippen molar-refractivity contribution in [1.82, 2.24) is 29.3 Å². The molecular formula is C35H35FN6O3. The summed E-state index contributed by atoms with van der Waals surface area (Å²) in [5.41, 5.74) is 3.29. The Labute approximate surface area is 260 Å². The fraction of sp³-hybridized carbons (Fsp3) is 0.314. The number of benzene rings is 2. The Balaban J connectivity index is 1.19. The second kappa shape index (κ2) is 13.0. The lowest BCUT2D eigenvalue weighted by Gasteiger charge is -2.33. The van der Waals surface area contributed by atoms with Crippen molar-refractivity contribution in [2.45, 2.75) is 43.8 Å². The summed E-state index contributed by atoms with van der Waals surface area (Å²) < 4.78 is 17.3. The monoisotopic (exact) mass is 606 g/mol. The highest BCUT2D eigenvalue weighted by Gasteiger charge is 2.25. The van der Waals surface area contributed by atoms with E-state index in [1.54, 1.807) is 12.1 Å². The van der Waals surface area contributed by atoms with Gasteiger partial charge in [0.1, 0.15) is 16.9 Å². The van der Waals surface area contributed by atoms with Crippen molar-refractivity contribution in [3.05, 3.63) is 106 Å². The van der Waals surface area contributed by atoms with Crippen molar-refractivity contribution in [2.24, 2.45) is 0 Å². The fourth-order valence-corrected chi connectivity index (χ4v) is 6.29. The number of carbonyl (C=O) groups excluding carboxylic acids is 1. The predicted molar refractivity (Wildman–Crippen MR) is 172 cm³/mol. The van der Waals surface area contributed by atoms with Gasteiger partial charge in [-0.05, 0) is 87.8 Å². The Bertz CT molecular complexity index is 1980. The van der Waals surface area contributed by atoms with Gasteiger partial charge in [-0.2, -0.15) is 0 Å². The quantitative estimate of drug-likeness (QED) is 0.268. The number of fused-ring (bicyclic) bond motifs is 3. The molecular weight excluding hydrogens is 571 g/mol. The van der Waals surface area contributed by atoms with E-state index in [-0.39, 0.29) is 12.1 Å².